The van der Waals surface area contributed by atoms with Crippen LogP contribution in [0.5, 0.6) is 5.88 Å². The molecule has 5 nitrogen and oxygen atoms in total. The van der Waals surface area contributed by atoms with Crippen molar-refractivity contribution in [3.63, 3.8) is 0 Å². The zero-order chi connectivity index (χ0) is 8.27. The summed E-state index contributed by atoms with van der Waals surface area (Å²) >= 11 is 0. The van der Waals surface area contributed by atoms with Gasteiger partial charge >= 0.3 is 0 Å². The first-order chi connectivity index (χ1) is 5.22. The summed E-state index contributed by atoms with van der Waals surface area (Å²) < 4.78 is 4.82. The van der Waals surface area contributed by atoms with Gasteiger partial charge in [-0.3, -0.25) is 0 Å². The summed E-state index contributed by atoms with van der Waals surface area (Å²) in [5.74, 6) is 0.654. The van der Waals surface area contributed by atoms with Gasteiger partial charge in [-0.25, -0.2) is 0 Å². The van der Waals surface area contributed by atoms with Crippen LogP contribution in [-0.4, -0.2) is 9.97 Å². The highest BCUT2D eigenvalue weighted by Crippen LogP contribution is 2.11. The molecule has 4 N–H and O–H groups in total. The molecular weight excluding hydrogens is 144 g/mol. The van der Waals surface area contributed by atoms with Crippen molar-refractivity contribution in [1.82, 2.24) is 9.97 Å². The molecule has 1 aromatic rings. The molecule has 0 aliphatic heterocycles. The molecule has 0 aliphatic carbocycles. The molecule has 0 spiro atoms. The Bertz CT molecular complexity index is 253. The first-order valence-electron chi connectivity index (χ1n) is 2.90. The summed E-state index contributed by atoms with van der Waals surface area (Å²) in [4.78, 5) is 7.36. The van der Waals surface area contributed by atoms with Crippen molar-refractivity contribution in [2.45, 2.75) is 0 Å². The van der Waals surface area contributed by atoms with Crippen LogP contribution in [0.3, 0.4) is 0 Å². The van der Waals surface area contributed by atoms with E-state index in [1.165, 1.54) is 12.3 Å². The lowest BCUT2D eigenvalue weighted by Crippen LogP contribution is -2.00. The predicted molar refractivity (Wildman–Crippen MR) is 41.7 cm³/mol. The van der Waals surface area contributed by atoms with E-state index in [2.05, 4.69) is 16.5 Å². The molecule has 0 saturated heterocycles. The molecule has 58 valence electrons. The second kappa shape index (κ2) is 2.87. The molecule has 5 heteroatoms. The summed E-state index contributed by atoms with van der Waals surface area (Å²) in [5, 5.41) is 0. The van der Waals surface area contributed by atoms with Gasteiger partial charge in [0, 0.05) is 6.07 Å². The third kappa shape index (κ3) is 1.82. The average Bonchev–Trinajstić information content (AvgIpc) is 1.85. The monoisotopic (exact) mass is 152 g/mol. The summed E-state index contributed by atoms with van der Waals surface area (Å²) in [6, 6.07) is 1.46. The maximum absolute atomic E-state index is 5.34. The first-order valence-corrected chi connectivity index (χ1v) is 2.90. The summed E-state index contributed by atoms with van der Waals surface area (Å²) in [7, 11) is 0. The number of nitrogen functional groups attached to an aromatic ring is 2. The molecule has 0 amide bonds. The minimum Gasteiger partial charge on any atom is -0.447 e. The van der Waals surface area contributed by atoms with Crippen molar-refractivity contribution in [3.8, 4) is 5.88 Å². The fraction of sp³-hybridized carbons (Fsp3) is 0. The van der Waals surface area contributed by atoms with Crippen LogP contribution in [0.1, 0.15) is 0 Å². The van der Waals surface area contributed by atoms with Gasteiger partial charge in [0.05, 0.1) is 6.26 Å². The van der Waals surface area contributed by atoms with E-state index in [0.717, 1.165) is 0 Å². The molecule has 0 bridgehead atoms. The minimum absolute atomic E-state index is 0.0850. The Labute approximate surface area is 63.7 Å². The van der Waals surface area contributed by atoms with Crippen LogP contribution >= 0.6 is 0 Å². The Balaban J connectivity index is 2.98. The number of nitrogens with zero attached hydrogens (tertiary/aromatic N) is 2. The third-order valence-corrected chi connectivity index (χ3v) is 0.944. The topological polar surface area (TPSA) is 87.0 Å². The fourth-order valence-electron chi connectivity index (χ4n) is 0.607. The molecule has 0 radical (unpaired) electrons. The minimum atomic E-state index is 0.0850. The van der Waals surface area contributed by atoms with Crippen LogP contribution < -0.4 is 16.2 Å². The molecule has 1 rings (SSSR count). The van der Waals surface area contributed by atoms with Crippen molar-refractivity contribution in [1.29, 1.82) is 0 Å². The summed E-state index contributed by atoms with van der Waals surface area (Å²) in [5.41, 5.74) is 10.6. The Morgan fingerprint density at radius 2 is 2.18 bits per heavy atom. The number of hydrogen-bond donors (Lipinski definition) is 2. The lowest BCUT2D eigenvalue weighted by Gasteiger charge is -1.99. The maximum atomic E-state index is 5.34. The van der Waals surface area contributed by atoms with E-state index in [0.29, 0.717) is 5.88 Å². The van der Waals surface area contributed by atoms with Gasteiger partial charge in [-0.05, 0) is 0 Å². The van der Waals surface area contributed by atoms with E-state index in [4.69, 9.17) is 16.2 Å². The van der Waals surface area contributed by atoms with E-state index < -0.39 is 0 Å². The molecule has 11 heavy (non-hydrogen) atoms. The lowest BCUT2D eigenvalue weighted by molar-refractivity contribution is 0.463. The van der Waals surface area contributed by atoms with Gasteiger partial charge in [0.25, 0.3) is 0 Å². The lowest BCUT2D eigenvalue weighted by atomic mass is 10.6. The van der Waals surface area contributed by atoms with Crippen LogP contribution in [0.2, 0.25) is 0 Å². The Morgan fingerprint density at radius 1 is 1.45 bits per heavy atom. The largest absolute Gasteiger partial charge is 0.447 e. The fourth-order valence-corrected chi connectivity index (χ4v) is 0.607. The first kappa shape index (κ1) is 7.33. The summed E-state index contributed by atoms with van der Waals surface area (Å²) in [6.07, 6.45) is 1.24. The normalized spacial score (nSPS) is 9.09. The predicted octanol–water partition coefficient (Wildman–Crippen LogP) is 0.163. The standard InChI is InChI=1S/C6H8N4O/c1-2-11-5-3-4(7)9-6(8)10-5/h2-3H,1H2,(H4,7,8,9,10). The smallest absolute Gasteiger partial charge is 0.225 e. The van der Waals surface area contributed by atoms with Gasteiger partial charge < -0.3 is 16.2 Å². The Morgan fingerprint density at radius 3 is 2.73 bits per heavy atom. The van der Waals surface area contributed by atoms with Crippen molar-refractivity contribution in [2.75, 3.05) is 11.5 Å². The van der Waals surface area contributed by atoms with Crippen molar-refractivity contribution < 1.29 is 4.74 Å². The van der Waals surface area contributed by atoms with Gasteiger partial charge in [0.1, 0.15) is 5.82 Å². The van der Waals surface area contributed by atoms with Crippen molar-refractivity contribution in [2.24, 2.45) is 0 Å². The van der Waals surface area contributed by atoms with Crippen LogP contribution in [0.15, 0.2) is 18.9 Å². The highest BCUT2D eigenvalue weighted by molar-refractivity contribution is 5.38. The van der Waals surface area contributed by atoms with E-state index in [9.17, 15) is 0 Å². The number of aromatic nitrogens is 2. The van der Waals surface area contributed by atoms with Crippen molar-refractivity contribution in [3.05, 3.63) is 18.9 Å². The van der Waals surface area contributed by atoms with Crippen LogP contribution in [-0.2, 0) is 0 Å². The van der Waals surface area contributed by atoms with Crippen LogP contribution in [0.25, 0.3) is 0 Å². The molecule has 0 saturated carbocycles. The summed E-state index contributed by atoms with van der Waals surface area (Å²) in [6.45, 7) is 3.35. The molecule has 0 aromatic carbocycles. The number of hydrogen-bond acceptors (Lipinski definition) is 5. The van der Waals surface area contributed by atoms with Gasteiger partial charge in [-0.1, -0.05) is 6.58 Å². The van der Waals surface area contributed by atoms with Gasteiger partial charge in [0.15, 0.2) is 0 Å². The highest BCUT2D eigenvalue weighted by Gasteiger charge is 1.97. The zero-order valence-electron chi connectivity index (χ0n) is 5.82. The van der Waals surface area contributed by atoms with Gasteiger partial charge in [0.2, 0.25) is 11.8 Å². The second-order valence-corrected chi connectivity index (χ2v) is 1.77. The van der Waals surface area contributed by atoms with Crippen LogP contribution in [0.4, 0.5) is 11.8 Å². The van der Waals surface area contributed by atoms with E-state index >= 15 is 0 Å². The highest BCUT2D eigenvalue weighted by atomic mass is 16.5. The SMILES string of the molecule is C=COc1cc(N)nc(N)n1. The number of nitrogens with two attached hydrogens (primary N) is 2. The zero-order valence-corrected chi connectivity index (χ0v) is 5.82. The molecule has 0 fully saturated rings. The third-order valence-electron chi connectivity index (χ3n) is 0.944. The molecule has 1 heterocycles. The molecular formula is C6H8N4O. The van der Waals surface area contributed by atoms with E-state index in [1.54, 1.807) is 0 Å². The number of anilines is 2. The molecule has 0 aliphatic rings. The van der Waals surface area contributed by atoms with E-state index in [1.807, 2.05) is 0 Å². The van der Waals surface area contributed by atoms with Crippen LogP contribution in [0, 0.1) is 0 Å². The second-order valence-electron chi connectivity index (χ2n) is 1.77. The van der Waals surface area contributed by atoms with Gasteiger partial charge in [-0.2, -0.15) is 9.97 Å². The number of ether oxygens (including phenoxy) is 1. The molecule has 0 unspecified atom stereocenters. The molecule has 0 atom stereocenters. The van der Waals surface area contributed by atoms with Gasteiger partial charge in [-0.15, -0.1) is 0 Å². The number of rotatable bonds is 2. The average molecular weight is 152 g/mol. The quantitative estimate of drug-likeness (QED) is 0.589. The Hall–Kier alpha value is -1.78. The molecule has 1 aromatic heterocycles. The van der Waals surface area contributed by atoms with E-state index in [-0.39, 0.29) is 11.8 Å². The van der Waals surface area contributed by atoms with Crippen molar-refractivity contribution >= 4 is 11.8 Å². The Kier molecular flexibility index (Phi) is 1.91. The maximum Gasteiger partial charge on any atom is 0.225 e.